The number of hydrogen-bond acceptors (Lipinski definition) is 2. The lowest BCUT2D eigenvalue weighted by atomic mass is 10.0. The summed E-state index contributed by atoms with van der Waals surface area (Å²) in [7, 11) is 0. The summed E-state index contributed by atoms with van der Waals surface area (Å²) in [4.78, 5) is 7.58. The van der Waals surface area contributed by atoms with Crippen LogP contribution in [0.2, 0.25) is 0 Å². The molecule has 1 atom stereocenters. The lowest BCUT2D eigenvalue weighted by Gasteiger charge is -2.09. The smallest absolute Gasteiger partial charge is 0.125 e. The molecular weight excluding hydrogens is 205 g/mol. The number of aromatic nitrogens is 2. The minimum atomic E-state index is -0.248. The monoisotopic (exact) mass is 221 g/mol. The average molecular weight is 221 g/mol. The number of nitrogens with zero attached hydrogens (tertiary/aromatic N) is 1. The number of fused-ring (bicyclic) bond motifs is 1. The average Bonchev–Trinajstić information content (AvgIpc) is 2.68. The van der Waals surface area contributed by atoms with E-state index in [2.05, 4.69) is 16.9 Å². The van der Waals surface area contributed by atoms with Crippen molar-refractivity contribution in [3.05, 3.63) is 29.8 Å². The number of nitrogens with one attached hydrogen (secondary N) is 1. The Kier molecular flexibility index (Phi) is 3.19. The van der Waals surface area contributed by atoms with E-state index in [4.69, 9.17) is 5.73 Å². The molecule has 3 N–H and O–H groups in total. The Morgan fingerprint density at radius 2 is 2.31 bits per heavy atom. The van der Waals surface area contributed by atoms with Gasteiger partial charge in [-0.25, -0.2) is 9.37 Å². The first-order chi connectivity index (χ1) is 7.74. The second-order valence-electron chi connectivity index (χ2n) is 4.00. The number of benzene rings is 1. The first-order valence-electron chi connectivity index (χ1n) is 5.59. The van der Waals surface area contributed by atoms with Crippen LogP contribution in [0.3, 0.4) is 0 Å². The van der Waals surface area contributed by atoms with Crippen LogP contribution in [-0.2, 0) is 0 Å². The molecule has 0 fully saturated rings. The molecule has 1 aromatic carbocycles. The summed E-state index contributed by atoms with van der Waals surface area (Å²) in [5.74, 6) is 0.855. The normalized spacial score (nSPS) is 13.2. The molecule has 0 aliphatic rings. The molecule has 0 saturated carbocycles. The van der Waals surface area contributed by atoms with Crippen LogP contribution >= 0.6 is 0 Å². The fraction of sp³-hybridized carbons (Fsp3) is 0.417. The molecule has 2 rings (SSSR count). The molecular formula is C12H16FN3. The maximum Gasteiger partial charge on any atom is 0.125 e. The van der Waals surface area contributed by atoms with Gasteiger partial charge in [0.25, 0.3) is 0 Å². The molecule has 16 heavy (non-hydrogen) atoms. The zero-order valence-electron chi connectivity index (χ0n) is 9.33. The topological polar surface area (TPSA) is 54.7 Å². The van der Waals surface area contributed by atoms with Crippen molar-refractivity contribution in [1.82, 2.24) is 9.97 Å². The van der Waals surface area contributed by atoms with E-state index in [1.54, 1.807) is 6.07 Å². The highest BCUT2D eigenvalue weighted by atomic mass is 19.1. The van der Waals surface area contributed by atoms with Crippen molar-refractivity contribution in [2.45, 2.75) is 25.7 Å². The van der Waals surface area contributed by atoms with E-state index in [1.165, 1.54) is 12.1 Å². The highest BCUT2D eigenvalue weighted by Gasteiger charge is 2.13. The van der Waals surface area contributed by atoms with Crippen molar-refractivity contribution in [3.8, 4) is 0 Å². The van der Waals surface area contributed by atoms with E-state index in [0.29, 0.717) is 6.54 Å². The second-order valence-corrected chi connectivity index (χ2v) is 4.00. The molecule has 0 radical (unpaired) electrons. The van der Waals surface area contributed by atoms with Crippen LogP contribution in [0.4, 0.5) is 4.39 Å². The molecule has 2 aromatic rings. The van der Waals surface area contributed by atoms with Gasteiger partial charge >= 0.3 is 0 Å². The van der Waals surface area contributed by atoms with E-state index in [0.717, 1.165) is 29.7 Å². The third-order valence-corrected chi connectivity index (χ3v) is 2.77. The standard InChI is InChI=1S/C12H16FN3/c1-2-3-8(7-14)12-15-10-5-4-9(13)6-11(10)16-12/h4-6,8H,2-3,7,14H2,1H3,(H,15,16). The van der Waals surface area contributed by atoms with E-state index in [1.807, 2.05) is 0 Å². The van der Waals surface area contributed by atoms with Gasteiger partial charge in [0.05, 0.1) is 11.0 Å². The van der Waals surface area contributed by atoms with Gasteiger partial charge in [-0.15, -0.1) is 0 Å². The molecule has 1 aromatic heterocycles. The van der Waals surface area contributed by atoms with Crippen molar-refractivity contribution < 1.29 is 4.39 Å². The van der Waals surface area contributed by atoms with Gasteiger partial charge in [-0.05, 0) is 24.6 Å². The zero-order valence-corrected chi connectivity index (χ0v) is 9.33. The lowest BCUT2D eigenvalue weighted by molar-refractivity contribution is 0.596. The Morgan fingerprint density at radius 1 is 1.50 bits per heavy atom. The quantitative estimate of drug-likeness (QED) is 0.833. The molecule has 0 amide bonds. The Hall–Kier alpha value is -1.42. The van der Waals surface area contributed by atoms with Crippen LogP contribution in [-0.4, -0.2) is 16.5 Å². The minimum Gasteiger partial charge on any atom is -0.342 e. The van der Waals surface area contributed by atoms with Crippen molar-refractivity contribution in [1.29, 1.82) is 0 Å². The zero-order chi connectivity index (χ0) is 11.5. The molecule has 0 spiro atoms. The first-order valence-corrected chi connectivity index (χ1v) is 5.59. The van der Waals surface area contributed by atoms with Crippen molar-refractivity contribution in [3.63, 3.8) is 0 Å². The predicted octanol–water partition coefficient (Wildman–Crippen LogP) is 2.54. The van der Waals surface area contributed by atoms with E-state index in [-0.39, 0.29) is 11.7 Å². The molecule has 1 unspecified atom stereocenters. The minimum absolute atomic E-state index is 0.237. The van der Waals surface area contributed by atoms with Gasteiger partial charge in [-0.1, -0.05) is 13.3 Å². The lowest BCUT2D eigenvalue weighted by Crippen LogP contribution is -2.13. The van der Waals surface area contributed by atoms with Crippen LogP contribution in [0, 0.1) is 5.82 Å². The van der Waals surface area contributed by atoms with E-state index in [9.17, 15) is 4.39 Å². The molecule has 0 bridgehead atoms. The highest BCUT2D eigenvalue weighted by Crippen LogP contribution is 2.21. The molecule has 1 heterocycles. The fourth-order valence-electron chi connectivity index (χ4n) is 1.91. The molecule has 3 nitrogen and oxygen atoms in total. The van der Waals surface area contributed by atoms with Gasteiger partial charge in [0.15, 0.2) is 0 Å². The Bertz CT molecular complexity index is 478. The van der Waals surface area contributed by atoms with Crippen LogP contribution in [0.5, 0.6) is 0 Å². The molecule has 0 aliphatic carbocycles. The van der Waals surface area contributed by atoms with Gasteiger partial charge in [-0.2, -0.15) is 0 Å². The summed E-state index contributed by atoms with van der Waals surface area (Å²) in [5.41, 5.74) is 7.25. The van der Waals surface area contributed by atoms with Gasteiger partial charge < -0.3 is 10.7 Å². The van der Waals surface area contributed by atoms with Crippen LogP contribution in [0.25, 0.3) is 11.0 Å². The Balaban J connectivity index is 2.37. The maximum atomic E-state index is 13.0. The third kappa shape index (κ3) is 2.07. The Labute approximate surface area is 93.9 Å². The van der Waals surface area contributed by atoms with E-state index < -0.39 is 0 Å². The summed E-state index contributed by atoms with van der Waals surface area (Å²) < 4.78 is 13.0. The number of rotatable bonds is 4. The van der Waals surface area contributed by atoms with Crippen LogP contribution < -0.4 is 5.73 Å². The van der Waals surface area contributed by atoms with Gasteiger partial charge in [0.1, 0.15) is 11.6 Å². The summed E-state index contributed by atoms with van der Waals surface area (Å²) in [5, 5.41) is 0. The predicted molar refractivity (Wildman–Crippen MR) is 62.8 cm³/mol. The highest BCUT2D eigenvalue weighted by molar-refractivity contribution is 5.75. The number of aromatic amines is 1. The first kappa shape index (κ1) is 11.1. The molecule has 86 valence electrons. The Morgan fingerprint density at radius 3 is 3.00 bits per heavy atom. The van der Waals surface area contributed by atoms with Gasteiger partial charge in [0, 0.05) is 12.5 Å². The largest absolute Gasteiger partial charge is 0.342 e. The summed E-state index contributed by atoms with van der Waals surface area (Å²) in [6.07, 6.45) is 2.06. The summed E-state index contributed by atoms with van der Waals surface area (Å²) >= 11 is 0. The van der Waals surface area contributed by atoms with Gasteiger partial charge in [-0.3, -0.25) is 0 Å². The molecule has 0 aliphatic heterocycles. The number of hydrogen-bond donors (Lipinski definition) is 2. The molecule has 4 heteroatoms. The SMILES string of the molecule is CCCC(CN)c1nc2ccc(F)cc2[nH]1. The van der Waals surface area contributed by atoms with Crippen molar-refractivity contribution >= 4 is 11.0 Å². The summed E-state index contributed by atoms with van der Waals surface area (Å²) in [6, 6.07) is 4.57. The fourth-order valence-corrected chi connectivity index (χ4v) is 1.91. The van der Waals surface area contributed by atoms with Crippen LogP contribution in [0.15, 0.2) is 18.2 Å². The van der Waals surface area contributed by atoms with Gasteiger partial charge in [0.2, 0.25) is 0 Å². The summed E-state index contributed by atoms with van der Waals surface area (Å²) in [6.45, 7) is 2.68. The van der Waals surface area contributed by atoms with Crippen molar-refractivity contribution in [2.24, 2.45) is 5.73 Å². The molecule has 0 saturated heterocycles. The number of nitrogens with two attached hydrogens (primary N) is 1. The third-order valence-electron chi connectivity index (χ3n) is 2.77. The number of H-pyrrole nitrogens is 1. The number of halogens is 1. The maximum absolute atomic E-state index is 13.0. The second kappa shape index (κ2) is 4.61. The van der Waals surface area contributed by atoms with Crippen LogP contribution in [0.1, 0.15) is 31.5 Å². The number of imidazole rings is 1. The van der Waals surface area contributed by atoms with Crippen molar-refractivity contribution in [2.75, 3.05) is 6.54 Å². The van der Waals surface area contributed by atoms with E-state index >= 15 is 0 Å².